The van der Waals surface area contributed by atoms with Crippen LogP contribution in [0.4, 0.5) is 10.1 Å². The van der Waals surface area contributed by atoms with Crippen LogP contribution in [0, 0.1) is 19.7 Å². The van der Waals surface area contributed by atoms with Crippen LogP contribution in [-0.2, 0) is 4.79 Å². The van der Waals surface area contributed by atoms with E-state index >= 15 is 0 Å². The standard InChI is InChI=1S/C22H15Cl2FN2OS2/c1-12-8-14(13(2)26(12)17-6-7-18(23)19(24)11-17)9-20-21(28)27(22(29)30-20)16-5-3-4-15(25)10-16/h3-11H,1-2H3. The Balaban J connectivity index is 1.71. The number of rotatable bonds is 3. The van der Waals surface area contributed by atoms with Gasteiger partial charge in [0.15, 0.2) is 4.32 Å². The molecule has 0 bridgehead atoms. The lowest BCUT2D eigenvalue weighted by Crippen LogP contribution is -2.27. The van der Waals surface area contributed by atoms with E-state index in [9.17, 15) is 9.18 Å². The highest BCUT2D eigenvalue weighted by Gasteiger charge is 2.33. The molecule has 0 N–H and O–H groups in total. The van der Waals surface area contributed by atoms with Gasteiger partial charge in [-0.1, -0.05) is 53.2 Å². The third-order valence-corrected chi connectivity index (χ3v) is 6.82. The van der Waals surface area contributed by atoms with Gasteiger partial charge in [0.05, 0.1) is 20.6 Å². The zero-order valence-electron chi connectivity index (χ0n) is 15.9. The number of anilines is 1. The van der Waals surface area contributed by atoms with Gasteiger partial charge in [0.2, 0.25) is 0 Å². The van der Waals surface area contributed by atoms with Crippen molar-refractivity contribution < 1.29 is 9.18 Å². The molecule has 3 aromatic rings. The van der Waals surface area contributed by atoms with Crippen LogP contribution in [0.5, 0.6) is 0 Å². The van der Waals surface area contributed by atoms with Gasteiger partial charge in [-0.2, -0.15) is 0 Å². The molecular weight excluding hydrogens is 462 g/mol. The van der Waals surface area contributed by atoms with Crippen LogP contribution in [-0.4, -0.2) is 14.8 Å². The predicted octanol–water partition coefficient (Wildman–Crippen LogP) is 6.95. The maximum absolute atomic E-state index is 13.6. The first-order valence-corrected chi connectivity index (χ1v) is 10.9. The van der Waals surface area contributed by atoms with Crippen LogP contribution in [0.2, 0.25) is 10.0 Å². The first kappa shape index (κ1) is 21.1. The fourth-order valence-electron chi connectivity index (χ4n) is 3.40. The van der Waals surface area contributed by atoms with Crippen LogP contribution in [0.25, 0.3) is 11.8 Å². The summed E-state index contributed by atoms with van der Waals surface area (Å²) < 4.78 is 16.0. The van der Waals surface area contributed by atoms with Crippen LogP contribution in [0.1, 0.15) is 17.0 Å². The monoisotopic (exact) mass is 476 g/mol. The lowest BCUT2D eigenvalue weighted by Gasteiger charge is -2.14. The Morgan fingerprint density at radius 3 is 2.50 bits per heavy atom. The molecular formula is C22H15Cl2FN2OS2. The number of halogens is 3. The summed E-state index contributed by atoms with van der Waals surface area (Å²) in [4.78, 5) is 14.8. The molecule has 0 unspecified atom stereocenters. The van der Waals surface area contributed by atoms with Gasteiger partial charge in [0, 0.05) is 17.1 Å². The molecule has 8 heteroatoms. The number of carbonyl (C=O) groups excluding carboxylic acids is 1. The van der Waals surface area contributed by atoms with E-state index in [4.69, 9.17) is 35.4 Å². The normalized spacial score (nSPS) is 15.5. The molecule has 4 rings (SSSR count). The average molecular weight is 477 g/mol. The minimum atomic E-state index is -0.421. The molecule has 1 fully saturated rings. The van der Waals surface area contributed by atoms with E-state index in [1.807, 2.05) is 36.6 Å². The molecule has 0 saturated carbocycles. The summed E-state index contributed by atoms with van der Waals surface area (Å²) in [6, 6.07) is 13.3. The Kier molecular flexibility index (Phi) is 5.77. The first-order valence-electron chi connectivity index (χ1n) is 8.94. The van der Waals surface area contributed by atoms with Gasteiger partial charge in [-0.15, -0.1) is 0 Å². The minimum absolute atomic E-state index is 0.269. The topological polar surface area (TPSA) is 25.2 Å². The number of thiocarbonyl (C=S) groups is 1. The van der Waals surface area contributed by atoms with Gasteiger partial charge < -0.3 is 4.57 Å². The molecule has 1 amide bonds. The fourth-order valence-corrected chi connectivity index (χ4v) is 4.98. The second kappa shape index (κ2) is 8.19. The molecule has 0 spiro atoms. The van der Waals surface area contributed by atoms with Crippen LogP contribution >= 0.6 is 47.2 Å². The highest BCUT2D eigenvalue weighted by Crippen LogP contribution is 2.37. The smallest absolute Gasteiger partial charge is 0.270 e. The van der Waals surface area contributed by atoms with Crippen molar-refractivity contribution in [1.29, 1.82) is 0 Å². The number of thioether (sulfide) groups is 1. The van der Waals surface area contributed by atoms with E-state index in [0.717, 1.165) is 22.6 Å². The van der Waals surface area contributed by atoms with Crippen molar-refractivity contribution in [2.45, 2.75) is 13.8 Å². The number of aryl methyl sites for hydroxylation is 1. The summed E-state index contributed by atoms with van der Waals surface area (Å²) in [5, 5.41) is 0.961. The number of benzene rings is 2. The van der Waals surface area contributed by atoms with Crippen molar-refractivity contribution in [3.8, 4) is 5.69 Å². The van der Waals surface area contributed by atoms with E-state index in [1.54, 1.807) is 24.3 Å². The van der Waals surface area contributed by atoms with Gasteiger partial charge in [0.1, 0.15) is 5.82 Å². The van der Waals surface area contributed by atoms with Crippen molar-refractivity contribution in [1.82, 2.24) is 4.57 Å². The lowest BCUT2D eigenvalue weighted by molar-refractivity contribution is -0.113. The molecule has 1 saturated heterocycles. The Morgan fingerprint density at radius 2 is 1.80 bits per heavy atom. The third kappa shape index (κ3) is 3.81. The molecule has 0 atom stereocenters. The molecule has 152 valence electrons. The van der Waals surface area contributed by atoms with E-state index in [-0.39, 0.29) is 5.91 Å². The zero-order chi connectivity index (χ0) is 21.6. The molecule has 1 aliphatic heterocycles. The van der Waals surface area contributed by atoms with Crippen molar-refractivity contribution in [3.05, 3.63) is 86.2 Å². The number of hydrogen-bond acceptors (Lipinski definition) is 3. The van der Waals surface area contributed by atoms with Crippen molar-refractivity contribution in [2.24, 2.45) is 0 Å². The molecule has 2 aromatic carbocycles. The molecule has 3 nitrogen and oxygen atoms in total. The van der Waals surface area contributed by atoms with Crippen molar-refractivity contribution in [3.63, 3.8) is 0 Å². The largest absolute Gasteiger partial charge is 0.318 e. The highest BCUT2D eigenvalue weighted by molar-refractivity contribution is 8.27. The van der Waals surface area contributed by atoms with E-state index < -0.39 is 5.82 Å². The third-order valence-electron chi connectivity index (χ3n) is 4.78. The lowest BCUT2D eigenvalue weighted by atomic mass is 10.2. The van der Waals surface area contributed by atoms with Crippen molar-refractivity contribution >= 4 is 69.2 Å². The quantitative estimate of drug-likeness (QED) is 0.302. The SMILES string of the molecule is Cc1cc(C=C2SC(=S)N(c3cccc(F)c3)C2=O)c(C)n1-c1ccc(Cl)c(Cl)c1. The Hall–Kier alpha value is -2.12. The Bertz CT molecular complexity index is 1240. The molecule has 0 aliphatic carbocycles. The maximum atomic E-state index is 13.6. The second-order valence-electron chi connectivity index (χ2n) is 6.76. The van der Waals surface area contributed by atoms with Gasteiger partial charge >= 0.3 is 0 Å². The van der Waals surface area contributed by atoms with Crippen LogP contribution < -0.4 is 4.90 Å². The number of hydrogen-bond donors (Lipinski definition) is 0. The van der Waals surface area contributed by atoms with E-state index in [1.165, 1.54) is 28.8 Å². The maximum Gasteiger partial charge on any atom is 0.270 e. The van der Waals surface area contributed by atoms with Crippen molar-refractivity contribution in [2.75, 3.05) is 4.90 Å². The summed E-state index contributed by atoms with van der Waals surface area (Å²) in [5.41, 5.74) is 4.12. The number of nitrogens with zero attached hydrogens (tertiary/aromatic N) is 2. The molecule has 1 aromatic heterocycles. The molecule has 1 aliphatic rings. The van der Waals surface area contributed by atoms with Gasteiger partial charge in [-0.25, -0.2) is 4.39 Å². The Morgan fingerprint density at radius 1 is 1.03 bits per heavy atom. The van der Waals surface area contributed by atoms with E-state index in [0.29, 0.717) is 25.0 Å². The Labute approximate surface area is 193 Å². The number of aromatic nitrogens is 1. The first-order chi connectivity index (χ1) is 14.3. The summed E-state index contributed by atoms with van der Waals surface area (Å²) in [6.45, 7) is 3.94. The van der Waals surface area contributed by atoms with Crippen LogP contribution in [0.3, 0.4) is 0 Å². The molecule has 2 heterocycles. The van der Waals surface area contributed by atoms with Crippen LogP contribution in [0.15, 0.2) is 53.4 Å². The second-order valence-corrected chi connectivity index (χ2v) is 9.25. The average Bonchev–Trinajstić information content (AvgIpc) is 3.12. The number of amides is 1. The minimum Gasteiger partial charge on any atom is -0.318 e. The number of carbonyl (C=O) groups is 1. The fraction of sp³-hybridized carbons (Fsp3) is 0.0909. The summed E-state index contributed by atoms with van der Waals surface area (Å²) >= 11 is 18.8. The predicted molar refractivity (Wildman–Crippen MR) is 127 cm³/mol. The molecule has 0 radical (unpaired) electrons. The van der Waals surface area contributed by atoms with Gasteiger partial charge in [-0.05, 0) is 68.0 Å². The summed E-state index contributed by atoms with van der Waals surface area (Å²) in [5.74, 6) is -0.689. The van der Waals surface area contributed by atoms with Gasteiger partial charge in [-0.3, -0.25) is 9.69 Å². The highest BCUT2D eigenvalue weighted by atomic mass is 35.5. The van der Waals surface area contributed by atoms with E-state index in [2.05, 4.69) is 0 Å². The zero-order valence-corrected chi connectivity index (χ0v) is 19.1. The summed E-state index contributed by atoms with van der Waals surface area (Å²) in [7, 11) is 0. The van der Waals surface area contributed by atoms with Gasteiger partial charge in [0.25, 0.3) is 5.91 Å². The molecule has 30 heavy (non-hydrogen) atoms. The summed E-state index contributed by atoms with van der Waals surface area (Å²) in [6.07, 6.45) is 1.81.